The molecular weight excluding hydrogens is 194 g/mol. The third-order valence-corrected chi connectivity index (χ3v) is 1.90. The molecule has 0 fully saturated rings. The molecule has 2 N–H and O–H groups in total. The summed E-state index contributed by atoms with van der Waals surface area (Å²) in [6.07, 6.45) is 1.52. The smallest absolute Gasteiger partial charge is 0.320 e. The minimum Gasteiger partial charge on any atom is -0.480 e. The molecule has 0 aromatic carbocycles. The van der Waals surface area contributed by atoms with Crippen LogP contribution in [0.15, 0.2) is 0 Å². The molecule has 0 bridgehead atoms. The van der Waals surface area contributed by atoms with Crippen molar-refractivity contribution in [3.8, 4) is 0 Å². The highest BCUT2D eigenvalue weighted by Gasteiger charge is 2.15. The van der Waals surface area contributed by atoms with E-state index in [1.165, 1.54) is 0 Å². The topological polar surface area (TPSA) is 58.6 Å². The summed E-state index contributed by atoms with van der Waals surface area (Å²) in [4.78, 5) is 10.8. The van der Waals surface area contributed by atoms with Crippen molar-refractivity contribution >= 4 is 5.97 Å². The molecule has 4 heteroatoms. The van der Waals surface area contributed by atoms with Gasteiger partial charge in [0.15, 0.2) is 0 Å². The van der Waals surface area contributed by atoms with Crippen molar-refractivity contribution in [2.24, 2.45) is 0 Å². The number of ether oxygens (including phenoxy) is 1. The summed E-state index contributed by atoms with van der Waals surface area (Å²) < 4.78 is 5.48. The number of aliphatic carboxylic acids is 1. The molecule has 0 heterocycles. The molecule has 0 amide bonds. The Kier molecular flexibility index (Phi) is 6.52. The SMILES string of the molecule is CCCC(NCCOC(C)(C)C)C(=O)O. The van der Waals surface area contributed by atoms with Crippen molar-refractivity contribution in [1.82, 2.24) is 5.32 Å². The van der Waals surface area contributed by atoms with Gasteiger partial charge < -0.3 is 15.2 Å². The van der Waals surface area contributed by atoms with Gasteiger partial charge in [0.2, 0.25) is 0 Å². The van der Waals surface area contributed by atoms with Crippen LogP contribution < -0.4 is 5.32 Å². The summed E-state index contributed by atoms with van der Waals surface area (Å²) in [6, 6.07) is -0.446. The van der Waals surface area contributed by atoms with Crippen LogP contribution in [-0.2, 0) is 9.53 Å². The van der Waals surface area contributed by atoms with Crippen LogP contribution in [0, 0.1) is 0 Å². The molecule has 0 aliphatic rings. The van der Waals surface area contributed by atoms with Crippen molar-refractivity contribution in [2.75, 3.05) is 13.2 Å². The zero-order valence-electron chi connectivity index (χ0n) is 10.2. The molecule has 0 saturated carbocycles. The van der Waals surface area contributed by atoms with Crippen molar-refractivity contribution in [3.63, 3.8) is 0 Å². The molecule has 90 valence electrons. The first kappa shape index (κ1) is 14.4. The fourth-order valence-electron chi connectivity index (χ4n) is 1.19. The minimum absolute atomic E-state index is 0.162. The highest BCUT2D eigenvalue weighted by atomic mass is 16.5. The molecule has 0 aliphatic carbocycles. The van der Waals surface area contributed by atoms with Crippen LogP contribution in [0.2, 0.25) is 0 Å². The second kappa shape index (κ2) is 6.80. The molecule has 15 heavy (non-hydrogen) atoms. The largest absolute Gasteiger partial charge is 0.480 e. The van der Waals surface area contributed by atoms with E-state index in [1.54, 1.807) is 0 Å². The average Bonchev–Trinajstić information content (AvgIpc) is 2.08. The van der Waals surface area contributed by atoms with Crippen molar-refractivity contribution in [3.05, 3.63) is 0 Å². The zero-order chi connectivity index (χ0) is 11.9. The lowest BCUT2D eigenvalue weighted by molar-refractivity contribution is -0.139. The number of hydrogen-bond donors (Lipinski definition) is 2. The molecule has 0 saturated heterocycles. The third-order valence-electron chi connectivity index (χ3n) is 1.90. The van der Waals surface area contributed by atoms with Crippen LogP contribution in [-0.4, -0.2) is 35.9 Å². The Morgan fingerprint density at radius 2 is 2.07 bits per heavy atom. The molecule has 1 atom stereocenters. The fourth-order valence-corrected chi connectivity index (χ4v) is 1.19. The summed E-state index contributed by atoms with van der Waals surface area (Å²) >= 11 is 0. The fraction of sp³-hybridized carbons (Fsp3) is 0.909. The van der Waals surface area contributed by atoms with E-state index in [9.17, 15) is 4.79 Å². The number of carboxylic acid groups (broad SMARTS) is 1. The quantitative estimate of drug-likeness (QED) is 0.637. The predicted octanol–water partition coefficient (Wildman–Crippen LogP) is 1.64. The first-order valence-electron chi connectivity index (χ1n) is 5.47. The van der Waals surface area contributed by atoms with E-state index in [1.807, 2.05) is 27.7 Å². The maximum absolute atomic E-state index is 10.8. The summed E-state index contributed by atoms with van der Waals surface area (Å²) in [5.41, 5.74) is -0.162. The predicted molar refractivity (Wildman–Crippen MR) is 60.0 cm³/mol. The number of carbonyl (C=O) groups is 1. The molecule has 0 radical (unpaired) electrons. The lowest BCUT2D eigenvalue weighted by Gasteiger charge is -2.20. The van der Waals surface area contributed by atoms with Gasteiger partial charge in [0.05, 0.1) is 12.2 Å². The monoisotopic (exact) mass is 217 g/mol. The summed E-state index contributed by atoms with van der Waals surface area (Å²) in [6.45, 7) is 9.03. The number of hydrogen-bond acceptors (Lipinski definition) is 3. The Hall–Kier alpha value is -0.610. The summed E-state index contributed by atoms with van der Waals surface area (Å²) in [5, 5.41) is 11.8. The first-order chi connectivity index (χ1) is 6.87. The van der Waals surface area contributed by atoms with Gasteiger partial charge in [0.1, 0.15) is 6.04 Å². The standard InChI is InChI=1S/C11H23NO3/c1-5-6-9(10(13)14)12-7-8-15-11(2,3)4/h9,12H,5-8H2,1-4H3,(H,13,14). The Morgan fingerprint density at radius 1 is 1.47 bits per heavy atom. The summed E-state index contributed by atoms with van der Waals surface area (Å²) in [7, 11) is 0. The molecular formula is C11H23NO3. The van der Waals surface area contributed by atoms with Gasteiger partial charge in [0, 0.05) is 6.54 Å². The highest BCUT2D eigenvalue weighted by Crippen LogP contribution is 2.05. The van der Waals surface area contributed by atoms with Crippen LogP contribution >= 0.6 is 0 Å². The van der Waals surface area contributed by atoms with Gasteiger partial charge in [-0.05, 0) is 27.2 Å². The van der Waals surface area contributed by atoms with E-state index >= 15 is 0 Å². The second-order valence-electron chi connectivity index (χ2n) is 4.59. The Balaban J connectivity index is 3.67. The zero-order valence-corrected chi connectivity index (χ0v) is 10.2. The first-order valence-corrected chi connectivity index (χ1v) is 5.47. The van der Waals surface area contributed by atoms with E-state index in [0.29, 0.717) is 19.6 Å². The lowest BCUT2D eigenvalue weighted by Crippen LogP contribution is -2.39. The van der Waals surface area contributed by atoms with Gasteiger partial charge >= 0.3 is 5.97 Å². The van der Waals surface area contributed by atoms with Gasteiger partial charge in [0.25, 0.3) is 0 Å². The number of nitrogens with one attached hydrogen (secondary N) is 1. The van der Waals surface area contributed by atoms with Crippen LogP contribution in [0.1, 0.15) is 40.5 Å². The Morgan fingerprint density at radius 3 is 2.47 bits per heavy atom. The Bertz CT molecular complexity index is 187. The molecule has 0 aromatic rings. The normalized spacial score (nSPS) is 13.9. The van der Waals surface area contributed by atoms with E-state index in [2.05, 4.69) is 5.32 Å². The van der Waals surface area contributed by atoms with Crippen molar-refractivity contribution in [1.29, 1.82) is 0 Å². The molecule has 0 aromatic heterocycles. The maximum Gasteiger partial charge on any atom is 0.320 e. The van der Waals surface area contributed by atoms with Gasteiger partial charge in [-0.2, -0.15) is 0 Å². The molecule has 0 aliphatic heterocycles. The van der Waals surface area contributed by atoms with E-state index in [4.69, 9.17) is 9.84 Å². The molecule has 4 nitrogen and oxygen atoms in total. The average molecular weight is 217 g/mol. The van der Waals surface area contributed by atoms with Gasteiger partial charge in [-0.25, -0.2) is 0 Å². The van der Waals surface area contributed by atoms with Crippen molar-refractivity contribution < 1.29 is 14.6 Å². The Labute approximate surface area is 92.0 Å². The maximum atomic E-state index is 10.8. The summed E-state index contributed by atoms with van der Waals surface area (Å²) in [5.74, 6) is -0.785. The van der Waals surface area contributed by atoms with E-state index in [-0.39, 0.29) is 5.60 Å². The second-order valence-corrected chi connectivity index (χ2v) is 4.59. The lowest BCUT2D eigenvalue weighted by atomic mass is 10.1. The van der Waals surface area contributed by atoms with Gasteiger partial charge in [-0.3, -0.25) is 4.79 Å². The van der Waals surface area contributed by atoms with Crippen LogP contribution in [0.5, 0.6) is 0 Å². The molecule has 0 rings (SSSR count). The van der Waals surface area contributed by atoms with Crippen LogP contribution in [0.25, 0.3) is 0 Å². The highest BCUT2D eigenvalue weighted by molar-refractivity contribution is 5.73. The number of carboxylic acids is 1. The molecule has 0 spiro atoms. The minimum atomic E-state index is -0.785. The van der Waals surface area contributed by atoms with Gasteiger partial charge in [-0.1, -0.05) is 13.3 Å². The van der Waals surface area contributed by atoms with Crippen LogP contribution in [0.3, 0.4) is 0 Å². The van der Waals surface area contributed by atoms with Crippen LogP contribution in [0.4, 0.5) is 0 Å². The van der Waals surface area contributed by atoms with Gasteiger partial charge in [-0.15, -0.1) is 0 Å². The van der Waals surface area contributed by atoms with E-state index < -0.39 is 12.0 Å². The molecule has 1 unspecified atom stereocenters. The number of rotatable bonds is 7. The van der Waals surface area contributed by atoms with Crippen molar-refractivity contribution in [2.45, 2.75) is 52.2 Å². The van der Waals surface area contributed by atoms with E-state index in [0.717, 1.165) is 6.42 Å². The third kappa shape index (κ3) is 8.39.